The summed E-state index contributed by atoms with van der Waals surface area (Å²) in [6, 6.07) is 2.46. The van der Waals surface area contributed by atoms with Crippen LogP contribution in [0, 0.1) is 0 Å². The van der Waals surface area contributed by atoms with E-state index in [4.69, 9.17) is 14.2 Å². The highest BCUT2D eigenvalue weighted by Gasteiger charge is 2.41. The van der Waals surface area contributed by atoms with Crippen LogP contribution in [0.4, 0.5) is 4.79 Å². The topological polar surface area (TPSA) is 82.1 Å². The number of ether oxygens (including phenoxy) is 3. The number of benzene rings is 1. The zero-order valence-electron chi connectivity index (χ0n) is 15.4. The van der Waals surface area contributed by atoms with Gasteiger partial charge in [0.1, 0.15) is 6.04 Å². The molecule has 1 aliphatic heterocycles. The number of amides is 2. The van der Waals surface area contributed by atoms with Gasteiger partial charge >= 0.3 is 5.97 Å². The number of esters is 1. The molecule has 1 atom stereocenters. The molecule has 0 N–H and O–H groups in total. The first-order valence-electron chi connectivity index (χ1n) is 8.28. The minimum absolute atomic E-state index is 0.175. The maximum Gasteiger partial charge on any atom is 0.329 e. The van der Waals surface area contributed by atoms with Crippen LogP contribution in [0.5, 0.6) is 11.5 Å². The Morgan fingerprint density at radius 3 is 2.56 bits per heavy atom. The molecule has 27 heavy (non-hydrogen) atoms. The van der Waals surface area contributed by atoms with E-state index < -0.39 is 23.2 Å². The first kappa shape index (κ1) is 21.3. The van der Waals surface area contributed by atoms with Crippen LogP contribution in [0.15, 0.2) is 21.5 Å². The SMILES string of the molecule is CCOC(=O)[C@H](C)N1C(=O)S/C(=C/c2cc(OCC)c(OC)cc2Br)C1=O. The molecule has 1 aromatic rings. The monoisotopic (exact) mass is 457 g/mol. The number of halogens is 1. The van der Waals surface area contributed by atoms with E-state index in [0.717, 1.165) is 16.7 Å². The Kier molecular flexibility index (Phi) is 7.32. The lowest BCUT2D eigenvalue weighted by Crippen LogP contribution is -2.42. The minimum atomic E-state index is -0.985. The van der Waals surface area contributed by atoms with Gasteiger partial charge in [-0.25, -0.2) is 4.79 Å². The fourth-order valence-corrected chi connectivity index (χ4v) is 3.75. The molecule has 1 fully saturated rings. The molecule has 1 aliphatic rings. The summed E-state index contributed by atoms with van der Waals surface area (Å²) >= 11 is 4.21. The molecular weight excluding hydrogens is 438 g/mol. The molecule has 0 saturated carbocycles. The second kappa shape index (κ2) is 9.27. The maximum atomic E-state index is 12.7. The molecular formula is C18H20BrNO6S. The number of carbonyl (C=O) groups is 3. The third-order valence-corrected chi connectivity index (χ3v) is 5.28. The van der Waals surface area contributed by atoms with Gasteiger partial charge in [0.05, 0.1) is 25.2 Å². The zero-order valence-corrected chi connectivity index (χ0v) is 17.8. The third-order valence-electron chi connectivity index (χ3n) is 3.71. The van der Waals surface area contributed by atoms with Gasteiger partial charge in [0.25, 0.3) is 11.1 Å². The van der Waals surface area contributed by atoms with Crippen LogP contribution in [0.1, 0.15) is 26.3 Å². The van der Waals surface area contributed by atoms with E-state index in [1.807, 2.05) is 6.92 Å². The number of thioether (sulfide) groups is 1. The first-order chi connectivity index (χ1) is 12.8. The van der Waals surface area contributed by atoms with Gasteiger partial charge in [0.2, 0.25) is 0 Å². The molecule has 0 radical (unpaired) electrons. The van der Waals surface area contributed by atoms with E-state index in [1.165, 1.54) is 14.0 Å². The fourth-order valence-electron chi connectivity index (χ4n) is 2.41. The number of imide groups is 1. The quantitative estimate of drug-likeness (QED) is 0.454. The summed E-state index contributed by atoms with van der Waals surface area (Å²) in [7, 11) is 1.53. The van der Waals surface area contributed by atoms with Gasteiger partial charge in [-0.15, -0.1) is 0 Å². The molecule has 2 rings (SSSR count). The highest BCUT2D eigenvalue weighted by atomic mass is 79.9. The van der Waals surface area contributed by atoms with Crippen molar-refractivity contribution in [3.8, 4) is 11.5 Å². The molecule has 7 nitrogen and oxygen atoms in total. The summed E-state index contributed by atoms with van der Waals surface area (Å²) in [4.78, 5) is 37.9. The maximum absolute atomic E-state index is 12.7. The Hall–Kier alpha value is -2.00. The molecule has 1 aromatic carbocycles. The van der Waals surface area contributed by atoms with Crippen molar-refractivity contribution >= 4 is 50.9 Å². The van der Waals surface area contributed by atoms with Gasteiger partial charge in [-0.2, -0.15) is 0 Å². The van der Waals surface area contributed by atoms with Gasteiger partial charge in [-0.3, -0.25) is 14.5 Å². The van der Waals surface area contributed by atoms with Crippen LogP contribution in [0.3, 0.4) is 0 Å². The molecule has 1 saturated heterocycles. The van der Waals surface area contributed by atoms with Crippen molar-refractivity contribution in [3.05, 3.63) is 27.1 Å². The molecule has 0 aliphatic carbocycles. The molecule has 0 spiro atoms. The van der Waals surface area contributed by atoms with Crippen molar-refractivity contribution in [1.29, 1.82) is 0 Å². The lowest BCUT2D eigenvalue weighted by atomic mass is 10.1. The third kappa shape index (κ3) is 4.65. The Morgan fingerprint density at radius 2 is 1.96 bits per heavy atom. The van der Waals surface area contributed by atoms with Gasteiger partial charge < -0.3 is 14.2 Å². The molecule has 9 heteroatoms. The van der Waals surface area contributed by atoms with Crippen LogP contribution in [-0.2, 0) is 14.3 Å². The van der Waals surface area contributed by atoms with Crippen LogP contribution < -0.4 is 9.47 Å². The number of hydrogen-bond donors (Lipinski definition) is 0. The summed E-state index contributed by atoms with van der Waals surface area (Å²) in [6.07, 6.45) is 1.58. The smallest absolute Gasteiger partial charge is 0.329 e. The summed E-state index contributed by atoms with van der Waals surface area (Å²) in [5.74, 6) is -0.0879. The van der Waals surface area contributed by atoms with Crippen molar-refractivity contribution in [3.63, 3.8) is 0 Å². The lowest BCUT2D eigenvalue weighted by molar-refractivity contribution is -0.150. The lowest BCUT2D eigenvalue weighted by Gasteiger charge is -2.19. The second-order valence-corrected chi connectivity index (χ2v) is 7.28. The van der Waals surface area contributed by atoms with E-state index in [9.17, 15) is 14.4 Å². The number of nitrogens with zero attached hydrogens (tertiary/aromatic N) is 1. The second-order valence-electron chi connectivity index (χ2n) is 5.44. The molecule has 0 unspecified atom stereocenters. The van der Waals surface area contributed by atoms with Gasteiger partial charge in [0.15, 0.2) is 11.5 Å². The predicted octanol–water partition coefficient (Wildman–Crippen LogP) is 3.84. The number of carbonyl (C=O) groups excluding carboxylic acids is 3. The van der Waals surface area contributed by atoms with Crippen molar-refractivity contribution < 1.29 is 28.6 Å². The van der Waals surface area contributed by atoms with Crippen LogP contribution in [-0.4, -0.2) is 48.4 Å². The van der Waals surface area contributed by atoms with E-state index in [1.54, 1.807) is 25.1 Å². The zero-order chi connectivity index (χ0) is 20.1. The number of hydrogen-bond acceptors (Lipinski definition) is 7. The van der Waals surface area contributed by atoms with Crippen molar-refractivity contribution in [2.24, 2.45) is 0 Å². The van der Waals surface area contributed by atoms with Crippen molar-refractivity contribution in [2.45, 2.75) is 26.8 Å². The summed E-state index contributed by atoms with van der Waals surface area (Å²) < 4.78 is 16.4. The van der Waals surface area contributed by atoms with Crippen molar-refractivity contribution in [1.82, 2.24) is 4.90 Å². The standard InChI is InChI=1S/C18H20BrNO6S/c1-5-25-14-7-11(12(19)9-13(14)24-4)8-15-16(21)20(18(23)27-15)10(3)17(22)26-6-2/h7-10H,5-6H2,1-4H3/b15-8+/t10-/m0/s1. The Bertz CT molecular complexity index is 794. The molecule has 0 bridgehead atoms. The summed E-state index contributed by atoms with van der Waals surface area (Å²) in [5, 5.41) is -0.513. The van der Waals surface area contributed by atoms with Crippen LogP contribution in [0.2, 0.25) is 0 Å². The normalized spacial score (nSPS) is 16.6. The Balaban J connectivity index is 2.35. The van der Waals surface area contributed by atoms with Gasteiger partial charge in [0, 0.05) is 4.47 Å². The van der Waals surface area contributed by atoms with E-state index in [-0.39, 0.29) is 11.5 Å². The Morgan fingerprint density at radius 1 is 1.26 bits per heavy atom. The fraction of sp³-hybridized carbons (Fsp3) is 0.389. The van der Waals surface area contributed by atoms with Gasteiger partial charge in [-0.05, 0) is 56.3 Å². The highest BCUT2D eigenvalue weighted by Crippen LogP contribution is 2.38. The average Bonchev–Trinajstić information content (AvgIpc) is 2.90. The first-order valence-corrected chi connectivity index (χ1v) is 9.88. The number of methoxy groups -OCH3 is 1. The summed E-state index contributed by atoms with van der Waals surface area (Å²) in [6.45, 7) is 5.60. The van der Waals surface area contributed by atoms with E-state index in [2.05, 4.69) is 15.9 Å². The van der Waals surface area contributed by atoms with Crippen molar-refractivity contribution in [2.75, 3.05) is 20.3 Å². The summed E-state index contributed by atoms with van der Waals surface area (Å²) in [5.41, 5.74) is 0.647. The minimum Gasteiger partial charge on any atom is -0.493 e. The molecule has 2 amide bonds. The molecule has 0 aromatic heterocycles. The Labute approximate surface area is 170 Å². The highest BCUT2D eigenvalue weighted by molar-refractivity contribution is 9.10. The number of rotatable bonds is 7. The van der Waals surface area contributed by atoms with Gasteiger partial charge in [-0.1, -0.05) is 15.9 Å². The van der Waals surface area contributed by atoms with E-state index in [0.29, 0.717) is 28.1 Å². The average molecular weight is 458 g/mol. The largest absolute Gasteiger partial charge is 0.493 e. The molecule has 1 heterocycles. The molecule has 146 valence electrons. The van der Waals surface area contributed by atoms with E-state index >= 15 is 0 Å². The van der Waals surface area contributed by atoms with Crippen LogP contribution >= 0.6 is 27.7 Å². The predicted molar refractivity (Wildman–Crippen MR) is 106 cm³/mol. The van der Waals surface area contributed by atoms with Crippen LogP contribution in [0.25, 0.3) is 6.08 Å².